The normalized spacial score (nSPS) is 19.4. The van der Waals surface area contributed by atoms with Crippen LogP contribution in [0.25, 0.3) is 33.2 Å². The van der Waals surface area contributed by atoms with Crippen LogP contribution in [0.2, 0.25) is 0 Å². The molecule has 0 radical (unpaired) electrons. The van der Waals surface area contributed by atoms with Crippen LogP contribution in [-0.2, 0) is 4.74 Å². The van der Waals surface area contributed by atoms with E-state index >= 15 is 0 Å². The van der Waals surface area contributed by atoms with Gasteiger partial charge in [-0.15, -0.1) is 0 Å². The fourth-order valence-electron chi connectivity index (χ4n) is 5.64. The summed E-state index contributed by atoms with van der Waals surface area (Å²) in [5.41, 5.74) is 5.86. The lowest BCUT2D eigenvalue weighted by Crippen LogP contribution is -2.58. The van der Waals surface area contributed by atoms with E-state index in [1.165, 1.54) is 6.07 Å². The minimum atomic E-state index is -0.283. The molecule has 37 heavy (non-hydrogen) atoms. The number of morpholine rings is 1. The van der Waals surface area contributed by atoms with Gasteiger partial charge in [-0.1, -0.05) is 24.3 Å². The molecule has 0 spiro atoms. The molecule has 2 N–H and O–H groups in total. The van der Waals surface area contributed by atoms with Crippen LogP contribution < -0.4 is 10.2 Å². The molecular formula is C30H27FN4O2. The van der Waals surface area contributed by atoms with Crippen molar-refractivity contribution in [3.05, 3.63) is 77.7 Å². The fraction of sp³-hybridized carbons (Fsp3) is 0.267. The number of halogens is 1. The number of ether oxygens (including phenoxy) is 1. The van der Waals surface area contributed by atoms with E-state index in [2.05, 4.69) is 10.2 Å². The van der Waals surface area contributed by atoms with Crippen molar-refractivity contribution in [1.82, 2.24) is 10.3 Å². The number of nitrogens with one attached hydrogen (secondary N) is 1. The molecule has 2 aliphatic heterocycles. The number of piperidine rings is 1. The summed E-state index contributed by atoms with van der Waals surface area (Å²) in [6, 6.07) is 18.3. The summed E-state index contributed by atoms with van der Waals surface area (Å²) in [7, 11) is 0. The highest BCUT2D eigenvalue weighted by Crippen LogP contribution is 2.41. The van der Waals surface area contributed by atoms with Crippen LogP contribution in [0.3, 0.4) is 0 Å². The zero-order valence-electron chi connectivity index (χ0n) is 20.5. The summed E-state index contributed by atoms with van der Waals surface area (Å²) in [4.78, 5) is 7.09. The van der Waals surface area contributed by atoms with Crippen LogP contribution >= 0.6 is 0 Å². The summed E-state index contributed by atoms with van der Waals surface area (Å²) >= 11 is 0. The summed E-state index contributed by atoms with van der Waals surface area (Å²) in [6.45, 7) is 4.98. The molecule has 6 nitrogen and oxygen atoms in total. The van der Waals surface area contributed by atoms with Crippen molar-refractivity contribution in [2.24, 2.45) is 0 Å². The fourth-order valence-corrected chi connectivity index (χ4v) is 5.64. The molecule has 186 valence electrons. The van der Waals surface area contributed by atoms with Gasteiger partial charge in [0.15, 0.2) is 0 Å². The van der Waals surface area contributed by atoms with Crippen molar-refractivity contribution in [3.8, 4) is 34.1 Å². The number of rotatable bonds is 3. The number of phenolic OH excluding ortho intramolecular Hbond substituents is 1. The molecule has 2 fully saturated rings. The van der Waals surface area contributed by atoms with Crippen LogP contribution in [0.4, 0.5) is 10.1 Å². The van der Waals surface area contributed by atoms with Gasteiger partial charge in [0.1, 0.15) is 17.6 Å². The van der Waals surface area contributed by atoms with E-state index in [-0.39, 0.29) is 29.3 Å². The smallest absolute Gasteiger partial charge is 0.141 e. The number of nitrogens with zero attached hydrogens (tertiary/aromatic N) is 3. The topological polar surface area (TPSA) is 81.4 Å². The molecule has 3 aromatic carbocycles. The maximum absolute atomic E-state index is 14.5. The van der Waals surface area contributed by atoms with Crippen LogP contribution in [0, 0.1) is 24.1 Å². The maximum atomic E-state index is 14.5. The minimum Gasteiger partial charge on any atom is -0.506 e. The second kappa shape index (κ2) is 9.47. The first kappa shape index (κ1) is 23.4. The van der Waals surface area contributed by atoms with Crippen LogP contribution in [0.5, 0.6) is 5.75 Å². The average Bonchev–Trinajstić information content (AvgIpc) is 2.91. The highest BCUT2D eigenvalue weighted by molar-refractivity contribution is 6.02. The Hall–Kier alpha value is -3.99. The third kappa shape index (κ3) is 4.29. The van der Waals surface area contributed by atoms with Crippen LogP contribution in [0.15, 0.2) is 60.8 Å². The first-order chi connectivity index (χ1) is 18.0. The SMILES string of the molecule is Cc1cc(F)cc(-c2cnc3ccc(-c4cccc(C#N)c4O)cc3c2N2CCC3OCCN[C@@H]3C2)c1. The number of para-hydroxylation sites is 1. The molecule has 1 unspecified atom stereocenters. The van der Waals surface area contributed by atoms with Gasteiger partial charge in [0.05, 0.1) is 35.5 Å². The third-order valence-electron chi connectivity index (χ3n) is 7.37. The number of aromatic nitrogens is 1. The van der Waals surface area contributed by atoms with E-state index in [0.717, 1.165) is 71.5 Å². The molecule has 0 saturated carbocycles. The zero-order valence-corrected chi connectivity index (χ0v) is 20.5. The number of aromatic hydroxyl groups is 1. The molecule has 6 rings (SSSR count). The molecule has 2 aliphatic rings. The highest BCUT2D eigenvalue weighted by atomic mass is 19.1. The van der Waals surface area contributed by atoms with Gasteiger partial charge in [-0.2, -0.15) is 5.26 Å². The first-order valence-electron chi connectivity index (χ1n) is 12.5. The summed E-state index contributed by atoms with van der Waals surface area (Å²) in [5.74, 6) is -0.325. The van der Waals surface area contributed by atoms with E-state index in [1.807, 2.05) is 43.5 Å². The molecule has 0 bridgehead atoms. The Bertz CT molecular complexity index is 1530. The molecule has 0 aliphatic carbocycles. The van der Waals surface area contributed by atoms with Crippen molar-refractivity contribution in [3.63, 3.8) is 0 Å². The van der Waals surface area contributed by atoms with Gasteiger partial charge in [0.25, 0.3) is 0 Å². The van der Waals surface area contributed by atoms with Crippen LogP contribution in [0.1, 0.15) is 17.5 Å². The Morgan fingerprint density at radius 3 is 2.86 bits per heavy atom. The predicted octanol–water partition coefficient (Wildman–Crippen LogP) is 5.16. The van der Waals surface area contributed by atoms with Gasteiger partial charge in [-0.05, 0) is 60.4 Å². The van der Waals surface area contributed by atoms with E-state index in [0.29, 0.717) is 5.56 Å². The lowest BCUT2D eigenvalue weighted by Gasteiger charge is -2.43. The monoisotopic (exact) mass is 494 g/mol. The molecular weight excluding hydrogens is 467 g/mol. The van der Waals surface area contributed by atoms with E-state index in [9.17, 15) is 14.8 Å². The minimum absolute atomic E-state index is 0.0415. The number of pyridine rings is 1. The van der Waals surface area contributed by atoms with Crippen molar-refractivity contribution in [2.45, 2.75) is 25.5 Å². The van der Waals surface area contributed by atoms with Crippen molar-refractivity contribution < 1.29 is 14.2 Å². The molecule has 2 saturated heterocycles. The van der Waals surface area contributed by atoms with Crippen molar-refractivity contribution >= 4 is 16.6 Å². The zero-order chi connectivity index (χ0) is 25.5. The number of fused-ring (bicyclic) bond motifs is 2. The number of hydrogen-bond acceptors (Lipinski definition) is 6. The molecule has 2 atom stereocenters. The first-order valence-corrected chi connectivity index (χ1v) is 12.5. The highest BCUT2D eigenvalue weighted by Gasteiger charge is 2.33. The predicted molar refractivity (Wildman–Crippen MR) is 142 cm³/mol. The van der Waals surface area contributed by atoms with E-state index in [4.69, 9.17) is 9.72 Å². The van der Waals surface area contributed by atoms with Crippen molar-refractivity contribution in [2.75, 3.05) is 31.1 Å². The second-order valence-electron chi connectivity index (χ2n) is 9.79. The number of benzene rings is 3. The Kier molecular flexibility index (Phi) is 5.99. The summed E-state index contributed by atoms with van der Waals surface area (Å²) in [5, 5.41) is 24.7. The molecule has 3 heterocycles. The Morgan fingerprint density at radius 1 is 1.14 bits per heavy atom. The Labute approximate surface area is 214 Å². The average molecular weight is 495 g/mol. The number of anilines is 1. The summed E-state index contributed by atoms with van der Waals surface area (Å²) < 4.78 is 20.5. The third-order valence-corrected chi connectivity index (χ3v) is 7.37. The standard InChI is InChI=1S/C30H27FN4O2/c1-18-11-21(13-22(31)12-18)25-16-34-26-6-5-19(23-4-2-3-20(15-32)30(23)36)14-24(26)29(25)35-9-7-28-27(17-35)33-8-10-37-28/h2-6,11-14,16,27-28,33,36H,7-10,17H2,1H3/t27-,28?/m1/s1. The molecule has 0 amide bonds. The van der Waals surface area contributed by atoms with Gasteiger partial charge >= 0.3 is 0 Å². The lowest BCUT2D eigenvalue weighted by molar-refractivity contribution is -0.0134. The number of aryl methyl sites for hydroxylation is 1. The van der Waals surface area contributed by atoms with Gasteiger partial charge < -0.3 is 20.1 Å². The molecule has 7 heteroatoms. The van der Waals surface area contributed by atoms with Gasteiger partial charge in [-0.3, -0.25) is 4.98 Å². The van der Waals surface area contributed by atoms with Crippen molar-refractivity contribution in [1.29, 1.82) is 5.26 Å². The maximum Gasteiger partial charge on any atom is 0.141 e. The molecule has 4 aromatic rings. The lowest BCUT2D eigenvalue weighted by atomic mass is 9.94. The number of nitriles is 1. The Morgan fingerprint density at radius 2 is 2.03 bits per heavy atom. The van der Waals surface area contributed by atoms with Gasteiger partial charge in [0.2, 0.25) is 0 Å². The quantitative estimate of drug-likeness (QED) is 0.410. The second-order valence-corrected chi connectivity index (χ2v) is 9.79. The molecule has 1 aromatic heterocycles. The largest absolute Gasteiger partial charge is 0.506 e. The van der Waals surface area contributed by atoms with E-state index < -0.39 is 0 Å². The van der Waals surface area contributed by atoms with Crippen LogP contribution in [-0.4, -0.2) is 48.5 Å². The van der Waals surface area contributed by atoms with E-state index in [1.54, 1.807) is 24.3 Å². The van der Waals surface area contributed by atoms with Gasteiger partial charge in [-0.25, -0.2) is 4.39 Å². The number of phenols is 1. The Balaban J connectivity index is 1.56. The summed E-state index contributed by atoms with van der Waals surface area (Å²) in [6.07, 6.45) is 2.89. The van der Waals surface area contributed by atoms with Gasteiger partial charge in [0, 0.05) is 42.3 Å². The number of hydrogen-bond donors (Lipinski definition) is 2.